The molecule has 1 aromatic rings. The van der Waals surface area contributed by atoms with E-state index in [0.717, 1.165) is 31.2 Å². The molecule has 0 aromatic heterocycles. The van der Waals surface area contributed by atoms with E-state index < -0.39 is 18.1 Å². The van der Waals surface area contributed by atoms with Crippen LogP contribution in [-0.2, 0) is 25.7 Å². The number of nitrogens with one attached hydrogen (secondary N) is 4. The van der Waals surface area contributed by atoms with Gasteiger partial charge >= 0.3 is 0 Å². The normalized spacial score (nSPS) is 22.5. The molecule has 10 nitrogen and oxygen atoms in total. The summed E-state index contributed by atoms with van der Waals surface area (Å²) in [5.41, 5.74) is 1.48. The second-order valence-electron chi connectivity index (χ2n) is 10.4. The van der Waals surface area contributed by atoms with E-state index in [1.54, 1.807) is 31.0 Å². The van der Waals surface area contributed by atoms with Crippen LogP contribution in [0.3, 0.4) is 0 Å². The second kappa shape index (κ2) is 14.1. The fourth-order valence-corrected chi connectivity index (χ4v) is 4.97. The molecule has 0 aliphatic carbocycles. The van der Waals surface area contributed by atoms with Crippen molar-refractivity contribution in [3.63, 3.8) is 0 Å². The summed E-state index contributed by atoms with van der Waals surface area (Å²) in [6.07, 6.45) is 7.93. The predicted molar refractivity (Wildman–Crippen MR) is 147 cm³/mol. The molecule has 0 spiro atoms. The van der Waals surface area contributed by atoms with Gasteiger partial charge in [0.2, 0.25) is 23.6 Å². The van der Waals surface area contributed by atoms with Crippen molar-refractivity contribution in [2.75, 3.05) is 33.0 Å². The molecule has 4 atom stereocenters. The SMILES string of the molecule is CNC(C)C(=O)NC1CCCCC2CCC(C(=O)NCc3cccc(NC(=O)/C=C/CN(C)C)c3)N2C1=O. The van der Waals surface area contributed by atoms with Crippen molar-refractivity contribution < 1.29 is 19.2 Å². The highest BCUT2D eigenvalue weighted by Crippen LogP contribution is 2.31. The third-order valence-corrected chi connectivity index (χ3v) is 7.18. The zero-order chi connectivity index (χ0) is 27.7. The van der Waals surface area contributed by atoms with Gasteiger partial charge in [-0.1, -0.05) is 31.1 Å². The molecule has 2 fully saturated rings. The Bertz CT molecular complexity index is 1030. The standard InChI is InChI=1S/C28H42N6O4/c1-19(29-2)26(36)32-23-12-6-5-11-22-14-15-24(34(22)28(23)38)27(37)30-18-20-9-7-10-21(17-20)31-25(35)13-8-16-33(3)4/h7-10,13,17,19,22-24,29H,5-6,11-12,14-16,18H2,1-4H3,(H,30,37)(H,31,35)(H,32,36)/b13-8+. The number of rotatable bonds is 10. The van der Waals surface area contributed by atoms with E-state index in [1.807, 2.05) is 37.2 Å². The summed E-state index contributed by atoms with van der Waals surface area (Å²) in [6.45, 7) is 2.70. The van der Waals surface area contributed by atoms with Crippen LogP contribution in [0.2, 0.25) is 0 Å². The molecule has 2 heterocycles. The van der Waals surface area contributed by atoms with Crippen LogP contribution in [-0.4, -0.2) is 85.3 Å². The van der Waals surface area contributed by atoms with Gasteiger partial charge in [-0.05, 0) is 71.4 Å². The minimum absolute atomic E-state index is 0.0127. The topological polar surface area (TPSA) is 123 Å². The summed E-state index contributed by atoms with van der Waals surface area (Å²) >= 11 is 0. The molecule has 0 saturated carbocycles. The molecule has 2 saturated heterocycles. The van der Waals surface area contributed by atoms with E-state index in [0.29, 0.717) is 25.1 Å². The summed E-state index contributed by atoms with van der Waals surface area (Å²) in [5, 5.41) is 11.6. The van der Waals surface area contributed by atoms with Gasteiger partial charge in [0.25, 0.3) is 0 Å². The van der Waals surface area contributed by atoms with E-state index in [1.165, 1.54) is 6.08 Å². The Kier molecular flexibility index (Phi) is 10.8. The van der Waals surface area contributed by atoms with Gasteiger partial charge in [-0.15, -0.1) is 0 Å². The Morgan fingerprint density at radius 2 is 1.89 bits per heavy atom. The molecule has 2 aliphatic heterocycles. The molecule has 0 bridgehead atoms. The number of carbonyl (C=O) groups excluding carboxylic acids is 4. The molecule has 4 N–H and O–H groups in total. The average molecular weight is 527 g/mol. The van der Waals surface area contributed by atoms with Crippen molar-refractivity contribution in [1.29, 1.82) is 0 Å². The summed E-state index contributed by atoms with van der Waals surface area (Å²) < 4.78 is 0. The van der Waals surface area contributed by atoms with Crippen LogP contribution >= 0.6 is 0 Å². The highest BCUT2D eigenvalue weighted by molar-refractivity contribution is 5.99. The summed E-state index contributed by atoms with van der Waals surface area (Å²) in [7, 11) is 5.56. The van der Waals surface area contributed by atoms with Crippen molar-refractivity contribution in [1.82, 2.24) is 25.8 Å². The zero-order valence-electron chi connectivity index (χ0n) is 23.0. The number of anilines is 1. The van der Waals surface area contributed by atoms with Crippen molar-refractivity contribution in [3.05, 3.63) is 42.0 Å². The molecule has 3 rings (SSSR count). The largest absolute Gasteiger partial charge is 0.350 e. The number of nitrogens with zero attached hydrogens (tertiary/aromatic N) is 2. The lowest BCUT2D eigenvalue weighted by Gasteiger charge is -2.35. The van der Waals surface area contributed by atoms with Crippen LogP contribution in [0.4, 0.5) is 5.69 Å². The van der Waals surface area contributed by atoms with Gasteiger partial charge in [-0.3, -0.25) is 19.2 Å². The maximum atomic E-state index is 13.5. The molecule has 4 unspecified atom stereocenters. The highest BCUT2D eigenvalue weighted by Gasteiger charge is 2.43. The fraction of sp³-hybridized carbons (Fsp3) is 0.571. The van der Waals surface area contributed by atoms with Crippen LogP contribution in [0.5, 0.6) is 0 Å². The molecule has 0 radical (unpaired) electrons. The molecule has 208 valence electrons. The number of likely N-dealkylation sites (N-methyl/N-ethyl adjacent to an activating group) is 2. The monoisotopic (exact) mass is 526 g/mol. The Morgan fingerprint density at radius 3 is 2.63 bits per heavy atom. The number of benzene rings is 1. The smallest absolute Gasteiger partial charge is 0.248 e. The molecular formula is C28H42N6O4. The molecular weight excluding hydrogens is 484 g/mol. The predicted octanol–water partition coefficient (Wildman–Crippen LogP) is 1.39. The highest BCUT2D eigenvalue weighted by atomic mass is 16.2. The van der Waals surface area contributed by atoms with Crippen molar-refractivity contribution in [2.24, 2.45) is 0 Å². The quantitative estimate of drug-likeness (QED) is 0.342. The van der Waals surface area contributed by atoms with Crippen molar-refractivity contribution in [2.45, 2.75) is 76.2 Å². The van der Waals surface area contributed by atoms with E-state index in [4.69, 9.17) is 0 Å². The van der Waals surface area contributed by atoms with Crippen LogP contribution in [0, 0.1) is 0 Å². The lowest BCUT2D eigenvalue weighted by Crippen LogP contribution is -2.57. The van der Waals surface area contributed by atoms with E-state index in [-0.39, 0.29) is 36.2 Å². The first kappa shape index (κ1) is 29.3. The van der Waals surface area contributed by atoms with E-state index in [2.05, 4.69) is 21.3 Å². The van der Waals surface area contributed by atoms with Gasteiger partial charge < -0.3 is 31.1 Å². The maximum absolute atomic E-state index is 13.5. The van der Waals surface area contributed by atoms with Crippen molar-refractivity contribution >= 4 is 29.3 Å². The minimum Gasteiger partial charge on any atom is -0.350 e. The minimum atomic E-state index is -0.624. The van der Waals surface area contributed by atoms with Crippen LogP contribution in [0.1, 0.15) is 51.0 Å². The van der Waals surface area contributed by atoms with Crippen LogP contribution in [0.25, 0.3) is 0 Å². The van der Waals surface area contributed by atoms with Gasteiger partial charge in [0.1, 0.15) is 12.1 Å². The molecule has 38 heavy (non-hydrogen) atoms. The number of carbonyl (C=O) groups is 4. The van der Waals surface area contributed by atoms with Gasteiger partial charge in [0.15, 0.2) is 0 Å². The summed E-state index contributed by atoms with van der Waals surface area (Å²) in [5.74, 6) is -0.804. The number of amides is 4. The third-order valence-electron chi connectivity index (χ3n) is 7.18. The molecule has 10 heteroatoms. The molecule has 2 aliphatic rings. The van der Waals surface area contributed by atoms with Gasteiger partial charge in [0, 0.05) is 30.9 Å². The third kappa shape index (κ3) is 8.13. The van der Waals surface area contributed by atoms with Gasteiger partial charge in [-0.2, -0.15) is 0 Å². The number of hydrogen-bond acceptors (Lipinski definition) is 6. The van der Waals surface area contributed by atoms with Gasteiger partial charge in [-0.25, -0.2) is 0 Å². The molecule has 1 aromatic carbocycles. The Hall–Kier alpha value is -3.24. The Balaban J connectivity index is 1.61. The zero-order valence-corrected chi connectivity index (χ0v) is 23.0. The molecule has 4 amide bonds. The van der Waals surface area contributed by atoms with E-state index in [9.17, 15) is 19.2 Å². The summed E-state index contributed by atoms with van der Waals surface area (Å²) in [6, 6.07) is 5.75. The second-order valence-corrected chi connectivity index (χ2v) is 10.4. The van der Waals surface area contributed by atoms with Crippen LogP contribution in [0.15, 0.2) is 36.4 Å². The van der Waals surface area contributed by atoms with Gasteiger partial charge in [0.05, 0.1) is 6.04 Å². The first-order chi connectivity index (χ1) is 18.2. The lowest BCUT2D eigenvalue weighted by atomic mass is 9.98. The van der Waals surface area contributed by atoms with Crippen LogP contribution < -0.4 is 21.3 Å². The lowest BCUT2D eigenvalue weighted by molar-refractivity contribution is -0.144. The Morgan fingerprint density at radius 1 is 1.13 bits per heavy atom. The average Bonchev–Trinajstić information content (AvgIpc) is 3.30. The summed E-state index contributed by atoms with van der Waals surface area (Å²) in [4.78, 5) is 55.1. The van der Waals surface area contributed by atoms with E-state index >= 15 is 0 Å². The number of hydrogen-bond donors (Lipinski definition) is 4. The first-order valence-electron chi connectivity index (χ1n) is 13.5. The van der Waals surface area contributed by atoms with Crippen molar-refractivity contribution in [3.8, 4) is 0 Å². The fourth-order valence-electron chi connectivity index (χ4n) is 4.97. The maximum Gasteiger partial charge on any atom is 0.248 e. The first-order valence-corrected chi connectivity index (χ1v) is 13.5. The Labute approximate surface area is 225 Å². The number of fused-ring (bicyclic) bond motifs is 1.